The Labute approximate surface area is 121 Å². The van der Waals surface area contributed by atoms with Gasteiger partial charge in [-0.2, -0.15) is 4.31 Å². The second-order valence-electron chi connectivity index (χ2n) is 5.89. The number of sulfonamides is 1. The van der Waals surface area contributed by atoms with Crippen molar-refractivity contribution in [3.8, 4) is 0 Å². The van der Waals surface area contributed by atoms with Crippen LogP contribution >= 0.6 is 0 Å². The zero-order valence-corrected chi connectivity index (χ0v) is 13.3. The molecule has 0 aliphatic carbocycles. The van der Waals surface area contributed by atoms with Crippen LogP contribution in [0.3, 0.4) is 0 Å². The predicted octanol–water partition coefficient (Wildman–Crippen LogP) is 2.34. The topological polar surface area (TPSA) is 62.6 Å². The number of hydrogen-bond donors (Lipinski definition) is 1. The minimum Gasteiger partial charge on any atom is -0.447 e. The molecular weight excluding hydrogens is 276 g/mol. The summed E-state index contributed by atoms with van der Waals surface area (Å²) in [7, 11) is -3.52. The third-order valence-electron chi connectivity index (χ3n) is 3.73. The summed E-state index contributed by atoms with van der Waals surface area (Å²) in [6.07, 6.45) is 2.82. The van der Waals surface area contributed by atoms with Crippen molar-refractivity contribution in [2.45, 2.75) is 57.2 Å². The number of nitrogens with zero attached hydrogens (tertiary/aromatic N) is 1. The van der Waals surface area contributed by atoms with Crippen molar-refractivity contribution in [3.05, 3.63) is 17.9 Å². The molecule has 1 aromatic rings. The van der Waals surface area contributed by atoms with Crippen molar-refractivity contribution in [3.63, 3.8) is 0 Å². The Morgan fingerprint density at radius 2 is 2.15 bits per heavy atom. The van der Waals surface area contributed by atoms with E-state index < -0.39 is 10.0 Å². The Hall–Kier alpha value is -0.850. The molecule has 0 atom stereocenters. The van der Waals surface area contributed by atoms with Gasteiger partial charge in [0.15, 0.2) is 0 Å². The van der Waals surface area contributed by atoms with E-state index in [2.05, 4.69) is 12.2 Å². The fourth-order valence-corrected chi connectivity index (χ4v) is 4.40. The summed E-state index contributed by atoms with van der Waals surface area (Å²) in [5.74, 6) is 0.661. The highest BCUT2D eigenvalue weighted by atomic mass is 32.2. The smallest absolute Gasteiger partial charge is 0.276 e. The minimum absolute atomic E-state index is 0.0563. The van der Waals surface area contributed by atoms with Crippen LogP contribution in [0, 0.1) is 0 Å². The molecule has 0 amide bonds. The molecule has 1 aromatic heterocycles. The van der Waals surface area contributed by atoms with E-state index in [1.165, 1.54) is 0 Å². The van der Waals surface area contributed by atoms with Crippen molar-refractivity contribution in [2.24, 2.45) is 0 Å². The van der Waals surface area contributed by atoms with Crippen LogP contribution in [0.15, 0.2) is 21.6 Å². The fourth-order valence-electron chi connectivity index (χ4n) is 2.62. The van der Waals surface area contributed by atoms with Crippen LogP contribution in [0.5, 0.6) is 0 Å². The molecule has 0 aromatic carbocycles. The van der Waals surface area contributed by atoms with Crippen molar-refractivity contribution >= 4 is 10.0 Å². The maximum Gasteiger partial charge on any atom is 0.276 e. The molecular formula is C14H24N2O3S. The maximum absolute atomic E-state index is 12.6. The lowest BCUT2D eigenvalue weighted by Gasteiger charge is -2.29. The lowest BCUT2D eigenvalue weighted by Crippen LogP contribution is -2.42. The quantitative estimate of drug-likeness (QED) is 0.819. The van der Waals surface area contributed by atoms with E-state index in [1.807, 2.05) is 13.8 Å². The molecule has 0 unspecified atom stereocenters. The van der Waals surface area contributed by atoms with Gasteiger partial charge < -0.3 is 9.73 Å². The number of hydrogen-bond acceptors (Lipinski definition) is 4. The summed E-state index contributed by atoms with van der Waals surface area (Å²) in [5, 5.41) is 3.26. The first kappa shape index (κ1) is 15.5. The Kier molecular flexibility index (Phi) is 4.56. The third-order valence-corrected chi connectivity index (χ3v) is 5.72. The van der Waals surface area contributed by atoms with Crippen LogP contribution in [0.4, 0.5) is 0 Å². The van der Waals surface area contributed by atoms with Crippen molar-refractivity contribution in [2.75, 3.05) is 13.1 Å². The standard InChI is InChI=1S/C14H24N2O3S/c1-4-9-15-11-12-6-7-13(19-12)20(17,18)16-10-5-8-14(16,2)3/h6-7,15H,4-5,8-11H2,1-3H3. The van der Waals surface area contributed by atoms with Gasteiger partial charge in [-0.25, -0.2) is 8.42 Å². The Bertz CT molecular complexity index is 549. The summed E-state index contributed by atoms with van der Waals surface area (Å²) < 4.78 is 32.3. The van der Waals surface area contributed by atoms with E-state index in [4.69, 9.17) is 4.42 Å². The Balaban J connectivity index is 2.14. The summed E-state index contributed by atoms with van der Waals surface area (Å²) >= 11 is 0. The van der Waals surface area contributed by atoms with E-state index in [1.54, 1.807) is 16.4 Å². The second kappa shape index (κ2) is 5.87. The molecule has 1 aliphatic rings. The molecule has 1 fully saturated rings. The molecule has 20 heavy (non-hydrogen) atoms. The highest BCUT2D eigenvalue weighted by Gasteiger charge is 2.42. The zero-order chi connectivity index (χ0) is 14.8. The van der Waals surface area contributed by atoms with Crippen molar-refractivity contribution < 1.29 is 12.8 Å². The van der Waals surface area contributed by atoms with Gasteiger partial charge >= 0.3 is 0 Å². The first-order valence-electron chi connectivity index (χ1n) is 7.20. The number of nitrogens with one attached hydrogen (secondary N) is 1. The van der Waals surface area contributed by atoms with E-state index >= 15 is 0 Å². The van der Waals surface area contributed by atoms with Gasteiger partial charge in [-0.05, 0) is 51.8 Å². The van der Waals surface area contributed by atoms with Crippen LogP contribution < -0.4 is 5.32 Å². The van der Waals surface area contributed by atoms with Crippen molar-refractivity contribution in [1.29, 1.82) is 0 Å². The summed E-state index contributed by atoms with van der Waals surface area (Å²) in [5.41, 5.74) is -0.327. The Morgan fingerprint density at radius 1 is 1.40 bits per heavy atom. The van der Waals surface area contributed by atoms with Gasteiger partial charge in [-0.3, -0.25) is 0 Å². The molecule has 5 nitrogen and oxygen atoms in total. The lowest BCUT2D eigenvalue weighted by atomic mass is 10.0. The molecule has 0 bridgehead atoms. The number of rotatable bonds is 6. The highest BCUT2D eigenvalue weighted by Crippen LogP contribution is 2.34. The van der Waals surface area contributed by atoms with Crippen LogP contribution in [0.1, 0.15) is 45.8 Å². The zero-order valence-electron chi connectivity index (χ0n) is 12.5. The molecule has 1 aliphatic heterocycles. The van der Waals surface area contributed by atoms with E-state index in [0.717, 1.165) is 25.8 Å². The van der Waals surface area contributed by atoms with Gasteiger partial charge in [-0.1, -0.05) is 6.92 Å². The first-order chi connectivity index (χ1) is 9.38. The average molecular weight is 300 g/mol. The van der Waals surface area contributed by atoms with Crippen molar-refractivity contribution in [1.82, 2.24) is 9.62 Å². The normalized spacial score (nSPS) is 19.6. The van der Waals surface area contributed by atoms with Gasteiger partial charge in [0.05, 0.1) is 6.54 Å². The lowest BCUT2D eigenvalue weighted by molar-refractivity contribution is 0.280. The van der Waals surface area contributed by atoms with Crippen LogP contribution in [-0.4, -0.2) is 31.4 Å². The largest absolute Gasteiger partial charge is 0.447 e. The molecule has 6 heteroatoms. The van der Waals surface area contributed by atoms with Gasteiger partial charge in [0.25, 0.3) is 10.0 Å². The predicted molar refractivity (Wildman–Crippen MR) is 77.9 cm³/mol. The molecule has 1 N–H and O–H groups in total. The minimum atomic E-state index is -3.52. The highest BCUT2D eigenvalue weighted by molar-refractivity contribution is 7.89. The van der Waals surface area contributed by atoms with E-state index in [-0.39, 0.29) is 10.6 Å². The molecule has 0 spiro atoms. The second-order valence-corrected chi connectivity index (χ2v) is 7.68. The van der Waals surface area contributed by atoms with E-state index in [9.17, 15) is 8.42 Å². The molecule has 114 valence electrons. The molecule has 1 saturated heterocycles. The average Bonchev–Trinajstić information content (AvgIpc) is 2.96. The van der Waals surface area contributed by atoms with Crippen LogP contribution in [0.2, 0.25) is 0 Å². The van der Waals surface area contributed by atoms with Crippen LogP contribution in [-0.2, 0) is 16.6 Å². The van der Waals surface area contributed by atoms with Crippen LogP contribution in [0.25, 0.3) is 0 Å². The van der Waals surface area contributed by atoms with Gasteiger partial charge in [0.1, 0.15) is 5.76 Å². The van der Waals surface area contributed by atoms with Gasteiger partial charge in [0.2, 0.25) is 5.09 Å². The third kappa shape index (κ3) is 3.07. The first-order valence-corrected chi connectivity index (χ1v) is 8.64. The molecule has 0 saturated carbocycles. The molecule has 2 heterocycles. The van der Waals surface area contributed by atoms with E-state index in [0.29, 0.717) is 18.8 Å². The van der Waals surface area contributed by atoms with Gasteiger partial charge in [0, 0.05) is 12.1 Å². The summed E-state index contributed by atoms with van der Waals surface area (Å²) in [6.45, 7) is 8.03. The molecule has 0 radical (unpaired) electrons. The SMILES string of the molecule is CCCNCc1ccc(S(=O)(=O)N2CCCC2(C)C)o1. The summed E-state index contributed by atoms with van der Waals surface area (Å²) in [4.78, 5) is 0. The number of furan rings is 1. The fraction of sp³-hybridized carbons (Fsp3) is 0.714. The summed E-state index contributed by atoms with van der Waals surface area (Å²) in [6, 6.07) is 3.30. The monoisotopic (exact) mass is 300 g/mol. The Morgan fingerprint density at radius 3 is 2.75 bits per heavy atom. The molecule has 2 rings (SSSR count). The van der Waals surface area contributed by atoms with Gasteiger partial charge in [-0.15, -0.1) is 0 Å². The maximum atomic E-state index is 12.6.